The monoisotopic (exact) mass is 437 g/mol. The first-order valence-corrected chi connectivity index (χ1v) is 10.5. The maximum absolute atomic E-state index is 12.6. The fourth-order valence-electron chi connectivity index (χ4n) is 2.03. The Hall–Kier alpha value is -2.59. The summed E-state index contributed by atoms with van der Waals surface area (Å²) >= 11 is 2.51. The lowest BCUT2D eigenvalue weighted by Gasteiger charge is -2.18. The molecule has 1 unspecified atom stereocenters. The molecule has 0 amide bonds. The zero-order valence-corrected chi connectivity index (χ0v) is 18.2. The Balaban J connectivity index is 2.05. The van der Waals surface area contributed by atoms with Crippen molar-refractivity contribution in [3.63, 3.8) is 0 Å². The van der Waals surface area contributed by atoms with Gasteiger partial charge < -0.3 is 20.0 Å². The average molecular weight is 438 g/mol. The number of nitrogens with zero attached hydrogens (tertiary/aromatic N) is 2. The Labute approximate surface area is 177 Å². The van der Waals surface area contributed by atoms with E-state index in [1.807, 2.05) is 30.3 Å². The molecule has 0 aliphatic rings. The number of carbonyl (C=O) groups is 2. The van der Waals surface area contributed by atoms with Crippen LogP contribution in [0.25, 0.3) is 0 Å². The molecule has 0 spiro atoms. The van der Waals surface area contributed by atoms with Crippen LogP contribution in [0.3, 0.4) is 0 Å². The van der Waals surface area contributed by atoms with Crippen molar-refractivity contribution >= 4 is 45.9 Å². The van der Waals surface area contributed by atoms with E-state index in [4.69, 9.17) is 20.0 Å². The van der Waals surface area contributed by atoms with Crippen molar-refractivity contribution in [2.75, 3.05) is 12.3 Å². The van der Waals surface area contributed by atoms with Gasteiger partial charge >= 0.3 is 11.9 Å². The van der Waals surface area contributed by atoms with Crippen molar-refractivity contribution in [2.45, 2.75) is 43.6 Å². The van der Waals surface area contributed by atoms with Crippen LogP contribution in [0.2, 0.25) is 0 Å². The number of nitrogen functional groups attached to an aromatic ring is 1. The van der Waals surface area contributed by atoms with Crippen LogP contribution in [0.4, 0.5) is 5.13 Å². The molecule has 0 fully saturated rings. The van der Waals surface area contributed by atoms with Gasteiger partial charge in [0, 0.05) is 10.3 Å². The van der Waals surface area contributed by atoms with Gasteiger partial charge in [-0.2, -0.15) is 0 Å². The third-order valence-corrected chi connectivity index (χ3v) is 4.68. The number of carbonyl (C=O) groups excluding carboxylic acids is 2. The van der Waals surface area contributed by atoms with Gasteiger partial charge in [-0.3, -0.25) is 0 Å². The number of anilines is 1. The second-order valence-electron chi connectivity index (χ2n) is 6.77. The molecule has 10 heteroatoms. The smallest absolute Gasteiger partial charge is 0.363 e. The number of thioether (sulfide) groups is 1. The average Bonchev–Trinajstić information content (AvgIpc) is 3.03. The minimum atomic E-state index is -0.740. The molecule has 0 saturated carbocycles. The summed E-state index contributed by atoms with van der Waals surface area (Å²) in [6.45, 7) is 6.49. The molecule has 156 valence electrons. The summed E-state index contributed by atoms with van der Waals surface area (Å²) < 4.78 is 10.6. The molecule has 0 bridgehead atoms. The van der Waals surface area contributed by atoms with E-state index in [9.17, 15) is 9.59 Å². The van der Waals surface area contributed by atoms with Crippen LogP contribution in [0.5, 0.6) is 0 Å². The first-order valence-electron chi connectivity index (χ1n) is 8.70. The van der Waals surface area contributed by atoms with E-state index in [0.717, 1.165) is 16.2 Å². The van der Waals surface area contributed by atoms with Gasteiger partial charge in [0.25, 0.3) is 0 Å². The number of aromatic nitrogens is 1. The summed E-state index contributed by atoms with van der Waals surface area (Å²) in [5.74, 6) is -1.35. The summed E-state index contributed by atoms with van der Waals surface area (Å²) in [6, 6.07) is 9.52. The Morgan fingerprint density at radius 3 is 2.55 bits per heavy atom. The summed E-state index contributed by atoms with van der Waals surface area (Å²) in [4.78, 5) is 34.4. The zero-order valence-electron chi connectivity index (χ0n) is 16.6. The number of rotatable bonds is 8. The number of hydrogen-bond donors (Lipinski definition) is 1. The molecule has 1 aromatic heterocycles. The molecule has 0 saturated heterocycles. The maximum atomic E-state index is 12.6. The zero-order chi connectivity index (χ0) is 21.4. The molecule has 0 aliphatic heterocycles. The molecule has 2 N–H and O–H groups in total. The normalized spacial score (nSPS) is 12.9. The Morgan fingerprint density at radius 1 is 1.28 bits per heavy atom. The van der Waals surface area contributed by atoms with Gasteiger partial charge in [-0.05, 0) is 39.8 Å². The van der Waals surface area contributed by atoms with E-state index in [1.54, 1.807) is 33.1 Å². The fourth-order valence-corrected chi connectivity index (χ4v) is 3.41. The SMILES string of the molecule is CC(OC(=O)C(=NOCC(=O)OC(C)(C)C)c1csc(N)n1)Sc1ccccc1. The summed E-state index contributed by atoms with van der Waals surface area (Å²) in [6.07, 6.45) is 0. The highest BCUT2D eigenvalue weighted by Gasteiger charge is 2.23. The van der Waals surface area contributed by atoms with Crippen molar-refractivity contribution < 1.29 is 23.9 Å². The minimum absolute atomic E-state index is 0.179. The van der Waals surface area contributed by atoms with E-state index in [2.05, 4.69) is 10.1 Å². The molecule has 0 aliphatic carbocycles. The molecular weight excluding hydrogens is 414 g/mol. The maximum Gasteiger partial charge on any atom is 0.363 e. The van der Waals surface area contributed by atoms with Crippen molar-refractivity contribution in [1.82, 2.24) is 4.98 Å². The topological polar surface area (TPSA) is 113 Å². The van der Waals surface area contributed by atoms with Crippen LogP contribution in [0, 0.1) is 0 Å². The molecule has 1 heterocycles. The predicted molar refractivity (Wildman–Crippen MR) is 113 cm³/mol. The molecular formula is C19H23N3O5S2. The van der Waals surface area contributed by atoms with Crippen molar-refractivity contribution in [3.05, 3.63) is 41.4 Å². The van der Waals surface area contributed by atoms with Gasteiger partial charge in [-0.15, -0.1) is 11.3 Å². The van der Waals surface area contributed by atoms with Gasteiger partial charge in [0.15, 0.2) is 5.13 Å². The number of esters is 2. The first kappa shape index (κ1) is 22.7. The highest BCUT2D eigenvalue weighted by molar-refractivity contribution is 7.99. The Morgan fingerprint density at radius 2 is 1.97 bits per heavy atom. The summed E-state index contributed by atoms with van der Waals surface area (Å²) in [7, 11) is 0. The van der Waals surface area contributed by atoms with Gasteiger partial charge in [0.05, 0.1) is 0 Å². The fraction of sp³-hybridized carbons (Fsp3) is 0.368. The highest BCUT2D eigenvalue weighted by Crippen LogP contribution is 2.24. The largest absolute Gasteiger partial charge is 0.457 e. The van der Waals surface area contributed by atoms with Gasteiger partial charge in [-0.1, -0.05) is 35.1 Å². The molecule has 1 atom stereocenters. The minimum Gasteiger partial charge on any atom is -0.457 e. The first-order chi connectivity index (χ1) is 13.6. The number of benzene rings is 1. The second-order valence-corrected chi connectivity index (χ2v) is 9.04. The number of ether oxygens (including phenoxy) is 2. The lowest BCUT2D eigenvalue weighted by atomic mass is 10.2. The number of hydrogen-bond acceptors (Lipinski definition) is 10. The molecule has 1 aromatic carbocycles. The quantitative estimate of drug-likeness (QED) is 0.220. The lowest BCUT2D eigenvalue weighted by molar-refractivity contribution is -0.160. The predicted octanol–water partition coefficient (Wildman–Crippen LogP) is 3.47. The third-order valence-electron chi connectivity index (χ3n) is 3.03. The summed E-state index contributed by atoms with van der Waals surface area (Å²) in [5, 5.41) is 5.58. The van der Waals surface area contributed by atoms with Crippen molar-refractivity contribution in [2.24, 2.45) is 5.16 Å². The van der Waals surface area contributed by atoms with Crippen molar-refractivity contribution in [1.29, 1.82) is 0 Å². The lowest BCUT2D eigenvalue weighted by Crippen LogP contribution is -2.27. The molecule has 0 radical (unpaired) electrons. The van der Waals surface area contributed by atoms with E-state index in [0.29, 0.717) is 0 Å². The molecule has 2 rings (SSSR count). The summed E-state index contributed by atoms with van der Waals surface area (Å²) in [5.41, 5.74) is 4.53. The van der Waals surface area contributed by atoms with Crippen LogP contribution in [0.1, 0.15) is 33.4 Å². The molecule has 2 aromatic rings. The Kier molecular flexibility index (Phi) is 8.03. The second kappa shape index (κ2) is 10.3. The van der Waals surface area contributed by atoms with Gasteiger partial charge in [-0.25, -0.2) is 14.6 Å². The highest BCUT2D eigenvalue weighted by atomic mass is 32.2. The van der Waals surface area contributed by atoms with Crippen LogP contribution in [-0.2, 0) is 23.9 Å². The van der Waals surface area contributed by atoms with Gasteiger partial charge in [0.1, 0.15) is 16.7 Å². The van der Waals surface area contributed by atoms with E-state index in [-0.39, 0.29) is 16.5 Å². The molecule has 29 heavy (non-hydrogen) atoms. The van der Waals surface area contributed by atoms with E-state index in [1.165, 1.54) is 11.8 Å². The van der Waals surface area contributed by atoms with Crippen LogP contribution >= 0.6 is 23.1 Å². The van der Waals surface area contributed by atoms with Gasteiger partial charge in [0.2, 0.25) is 12.3 Å². The number of nitrogens with two attached hydrogens (primary N) is 1. The third kappa shape index (κ3) is 8.12. The van der Waals surface area contributed by atoms with E-state index < -0.39 is 29.6 Å². The van der Waals surface area contributed by atoms with Crippen LogP contribution in [0.15, 0.2) is 45.8 Å². The standard InChI is InChI=1S/C19H23N3O5S2/c1-12(29-13-8-6-5-7-9-13)26-17(24)16(14-11-28-18(20)21-14)22-25-10-15(23)27-19(2,3)4/h5-9,11-12H,10H2,1-4H3,(H2,20,21). The van der Waals surface area contributed by atoms with Crippen LogP contribution in [-0.4, -0.2) is 40.3 Å². The van der Waals surface area contributed by atoms with Crippen molar-refractivity contribution in [3.8, 4) is 0 Å². The molecule has 8 nitrogen and oxygen atoms in total. The number of oxime groups is 1. The van der Waals surface area contributed by atoms with E-state index >= 15 is 0 Å². The number of thiazole rings is 1. The van der Waals surface area contributed by atoms with Crippen LogP contribution < -0.4 is 5.73 Å². The Bertz CT molecular complexity index is 862.